The van der Waals surface area contributed by atoms with Crippen LogP contribution >= 0.6 is 0 Å². The van der Waals surface area contributed by atoms with E-state index in [2.05, 4.69) is 44.1 Å². The number of aliphatic hydroxyl groups is 2. The number of nitrogens with two attached hydrogens (primary N) is 1. The van der Waals surface area contributed by atoms with E-state index in [0.717, 1.165) is 25.7 Å². The second-order valence-electron chi connectivity index (χ2n) is 11.2. The quantitative estimate of drug-likeness (QED) is 0.0929. The molecule has 1 fully saturated rings. The molecular formula is C29H54N8O5. The topological polar surface area (TPSA) is 202 Å². The van der Waals surface area contributed by atoms with Crippen molar-refractivity contribution in [3.8, 4) is 0 Å². The van der Waals surface area contributed by atoms with Crippen LogP contribution in [0.2, 0.25) is 0 Å². The molecule has 2 aliphatic rings. The summed E-state index contributed by atoms with van der Waals surface area (Å²) in [6.07, 6.45) is 10.8. The highest BCUT2D eigenvalue weighted by atomic mass is 16.3. The summed E-state index contributed by atoms with van der Waals surface area (Å²) in [5, 5.41) is 42.7. The molecule has 0 spiro atoms. The first-order valence-electron chi connectivity index (χ1n) is 15.4. The zero-order valence-electron chi connectivity index (χ0n) is 25.4. The SMILES string of the molecule is CCCCC[C@@H]1NC(=O)[C@@H](C[C@H]2C=CC=CC2)NC(=O)[C@H](CC)NC(=O)CN[C@H](O)C(CCCN[C@@H](N)NC)N[C@@H]1O. The fourth-order valence-corrected chi connectivity index (χ4v) is 5.11. The Morgan fingerprint density at radius 1 is 0.952 bits per heavy atom. The van der Waals surface area contributed by atoms with Gasteiger partial charge in [0, 0.05) is 6.04 Å². The summed E-state index contributed by atoms with van der Waals surface area (Å²) in [5.41, 5.74) is 5.84. The first-order chi connectivity index (χ1) is 20.2. The Kier molecular flexibility index (Phi) is 16.8. The van der Waals surface area contributed by atoms with E-state index in [1.54, 1.807) is 14.0 Å². The lowest BCUT2D eigenvalue weighted by atomic mass is 9.92. The molecule has 1 saturated heterocycles. The zero-order chi connectivity index (χ0) is 30.9. The average molecular weight is 595 g/mol. The number of carbonyl (C=O) groups excluding carboxylic acids is 3. The van der Waals surface area contributed by atoms with Crippen LogP contribution in [0, 0.1) is 5.92 Å². The highest BCUT2D eigenvalue weighted by Crippen LogP contribution is 2.19. The van der Waals surface area contributed by atoms with Crippen molar-refractivity contribution in [2.24, 2.45) is 11.7 Å². The van der Waals surface area contributed by atoms with Gasteiger partial charge in [0.25, 0.3) is 0 Å². The second-order valence-corrected chi connectivity index (χ2v) is 11.2. The Morgan fingerprint density at radius 2 is 1.69 bits per heavy atom. The molecule has 0 aromatic carbocycles. The molecule has 240 valence electrons. The van der Waals surface area contributed by atoms with Gasteiger partial charge >= 0.3 is 0 Å². The third-order valence-corrected chi connectivity index (χ3v) is 7.73. The standard InChI is InChI=1S/C29H54N8O5/c1-4-6-8-14-22-27(41)35-21(15-11-16-32-29(30)31-3)25(39)33-18-24(38)34-20(5-2)26(40)37-23(28(42)36-22)17-19-12-9-7-10-13-19/h7,9-10,12,19-23,25,27,29,31-33,35,39,41H,4-6,8,11,13-18,30H2,1-3H3,(H,34,38)(H,36,42)(H,37,40)/t19-,20-,21?,22-,23+,25+,27+,29-/m0/s1. The van der Waals surface area contributed by atoms with Crippen LogP contribution in [0.4, 0.5) is 0 Å². The van der Waals surface area contributed by atoms with Gasteiger partial charge in [-0.05, 0) is 58.0 Å². The Balaban J connectivity index is 2.31. The van der Waals surface area contributed by atoms with Gasteiger partial charge in [-0.15, -0.1) is 0 Å². The normalized spacial score (nSPS) is 30.5. The largest absolute Gasteiger partial charge is 0.377 e. The molecule has 0 aromatic rings. The van der Waals surface area contributed by atoms with Gasteiger partial charge in [-0.1, -0.05) is 57.4 Å². The van der Waals surface area contributed by atoms with Crippen LogP contribution in [0.15, 0.2) is 24.3 Å². The molecule has 1 aliphatic heterocycles. The van der Waals surface area contributed by atoms with Crippen LogP contribution in [0.25, 0.3) is 0 Å². The lowest BCUT2D eigenvalue weighted by molar-refractivity contribution is -0.132. The maximum Gasteiger partial charge on any atom is 0.243 e. The van der Waals surface area contributed by atoms with Gasteiger partial charge in [0.15, 0.2) is 0 Å². The number of rotatable bonds is 13. The number of allylic oxidation sites excluding steroid dienone is 4. The van der Waals surface area contributed by atoms with Gasteiger partial charge in [0.2, 0.25) is 17.7 Å². The maximum atomic E-state index is 13.7. The number of unbranched alkanes of at least 4 members (excludes halogenated alkanes) is 2. The van der Waals surface area contributed by atoms with Crippen molar-refractivity contribution in [3.05, 3.63) is 24.3 Å². The Hall–Kier alpha value is -2.39. The van der Waals surface area contributed by atoms with E-state index in [4.69, 9.17) is 5.73 Å². The molecule has 0 bridgehead atoms. The molecule has 13 heteroatoms. The maximum absolute atomic E-state index is 13.7. The molecule has 0 aromatic heterocycles. The highest BCUT2D eigenvalue weighted by molar-refractivity contribution is 5.92. The number of nitrogens with one attached hydrogen (secondary N) is 7. The number of carbonyl (C=O) groups is 3. The van der Waals surface area contributed by atoms with Crippen LogP contribution < -0.4 is 43.0 Å². The summed E-state index contributed by atoms with van der Waals surface area (Å²) in [6, 6.07) is -3.02. The van der Waals surface area contributed by atoms with Crippen molar-refractivity contribution in [2.75, 3.05) is 20.1 Å². The molecule has 2 rings (SSSR count). The van der Waals surface area contributed by atoms with Gasteiger partial charge in [0.05, 0.1) is 12.6 Å². The number of hydrogen-bond acceptors (Lipinski definition) is 10. The summed E-state index contributed by atoms with van der Waals surface area (Å²) >= 11 is 0. The molecule has 3 amide bonds. The van der Waals surface area contributed by atoms with E-state index in [9.17, 15) is 24.6 Å². The third-order valence-electron chi connectivity index (χ3n) is 7.73. The van der Waals surface area contributed by atoms with E-state index in [0.29, 0.717) is 38.6 Å². The van der Waals surface area contributed by atoms with Gasteiger partial charge < -0.3 is 31.9 Å². The molecular weight excluding hydrogens is 540 g/mol. The minimum Gasteiger partial charge on any atom is -0.377 e. The van der Waals surface area contributed by atoms with Gasteiger partial charge in [-0.3, -0.25) is 35.7 Å². The number of hydrogen-bond donors (Lipinski definition) is 10. The summed E-state index contributed by atoms with van der Waals surface area (Å²) in [6.45, 7) is 4.17. The molecule has 1 unspecified atom stereocenters. The first-order valence-corrected chi connectivity index (χ1v) is 15.4. The minimum absolute atomic E-state index is 0.0535. The average Bonchev–Trinajstić information content (AvgIpc) is 2.99. The van der Waals surface area contributed by atoms with Crippen LogP contribution in [0.3, 0.4) is 0 Å². The van der Waals surface area contributed by atoms with E-state index >= 15 is 0 Å². The zero-order valence-corrected chi connectivity index (χ0v) is 25.4. The summed E-state index contributed by atoms with van der Waals surface area (Å²) in [7, 11) is 1.74. The molecule has 42 heavy (non-hydrogen) atoms. The van der Waals surface area contributed by atoms with Gasteiger partial charge in [0.1, 0.15) is 30.8 Å². The van der Waals surface area contributed by atoms with Crippen LogP contribution in [-0.2, 0) is 14.4 Å². The third kappa shape index (κ3) is 12.9. The number of amides is 3. The summed E-state index contributed by atoms with van der Waals surface area (Å²) in [5.74, 6) is -1.27. The fourth-order valence-electron chi connectivity index (χ4n) is 5.11. The van der Waals surface area contributed by atoms with E-state index < -0.39 is 54.3 Å². The van der Waals surface area contributed by atoms with Crippen molar-refractivity contribution in [1.29, 1.82) is 0 Å². The molecule has 13 nitrogen and oxygen atoms in total. The molecule has 0 radical (unpaired) electrons. The van der Waals surface area contributed by atoms with E-state index in [-0.39, 0.29) is 18.8 Å². The smallest absolute Gasteiger partial charge is 0.243 e. The van der Waals surface area contributed by atoms with Crippen molar-refractivity contribution in [3.63, 3.8) is 0 Å². The van der Waals surface area contributed by atoms with Crippen molar-refractivity contribution in [2.45, 2.75) is 115 Å². The molecule has 1 aliphatic carbocycles. The summed E-state index contributed by atoms with van der Waals surface area (Å²) in [4.78, 5) is 39.6. The molecule has 11 N–H and O–H groups in total. The van der Waals surface area contributed by atoms with Crippen molar-refractivity contribution in [1.82, 2.24) is 37.2 Å². The predicted octanol–water partition coefficient (Wildman–Crippen LogP) is -1.02. The van der Waals surface area contributed by atoms with Gasteiger partial charge in [-0.2, -0.15) is 0 Å². The van der Waals surface area contributed by atoms with E-state index in [1.807, 2.05) is 24.3 Å². The van der Waals surface area contributed by atoms with Crippen LogP contribution in [-0.4, -0.2) is 91.0 Å². The second kappa shape index (κ2) is 19.7. The minimum atomic E-state index is -1.19. The van der Waals surface area contributed by atoms with Gasteiger partial charge in [-0.25, -0.2) is 0 Å². The summed E-state index contributed by atoms with van der Waals surface area (Å²) < 4.78 is 0. The number of aliphatic hydroxyl groups excluding tert-OH is 2. The Labute approximate surface area is 250 Å². The first kappa shape index (κ1) is 35.8. The molecule has 0 saturated carbocycles. The lowest BCUT2D eigenvalue weighted by Crippen LogP contribution is -2.60. The lowest BCUT2D eigenvalue weighted by Gasteiger charge is -2.33. The van der Waals surface area contributed by atoms with Crippen LogP contribution in [0.5, 0.6) is 0 Å². The monoisotopic (exact) mass is 594 g/mol. The van der Waals surface area contributed by atoms with Crippen LogP contribution in [0.1, 0.15) is 71.6 Å². The fraction of sp³-hybridized carbons (Fsp3) is 0.759. The molecule has 1 heterocycles. The predicted molar refractivity (Wildman–Crippen MR) is 162 cm³/mol. The molecule has 8 atom stereocenters. The highest BCUT2D eigenvalue weighted by Gasteiger charge is 2.32. The van der Waals surface area contributed by atoms with Crippen molar-refractivity contribution >= 4 is 17.7 Å². The Morgan fingerprint density at radius 3 is 2.36 bits per heavy atom. The van der Waals surface area contributed by atoms with E-state index in [1.165, 1.54) is 0 Å². The van der Waals surface area contributed by atoms with Crippen molar-refractivity contribution < 1.29 is 24.6 Å². The Bertz CT molecular complexity index is 888.